The zero-order valence-electron chi connectivity index (χ0n) is 17.4. The van der Waals surface area contributed by atoms with Crippen molar-refractivity contribution in [2.24, 2.45) is 12.1 Å². The number of carbonyl (C=O) groups is 1. The molecule has 0 unspecified atom stereocenters. The molecule has 0 aliphatic rings. The number of carbonyl (C=O) groups excluding carboxylic acids is 1. The third kappa shape index (κ3) is 5.14. The first-order valence-electron chi connectivity index (χ1n) is 9.73. The zero-order chi connectivity index (χ0) is 22.5. The average Bonchev–Trinajstić information content (AvgIpc) is 3.35. The Hall–Kier alpha value is -3.24. The molecule has 2 aromatic carbocycles. The second kappa shape index (κ2) is 9.92. The van der Waals surface area contributed by atoms with Crippen molar-refractivity contribution >= 4 is 39.8 Å². The molecule has 2 heterocycles. The summed E-state index contributed by atoms with van der Waals surface area (Å²) in [6, 6.07) is 19.6. The lowest BCUT2D eigenvalue weighted by Gasteiger charge is -2.10. The number of rotatable bonds is 7. The maximum Gasteiger partial charge on any atom is 0.250 e. The molecule has 2 aromatic heterocycles. The standard InChI is InChI=1S/C22H20BrN7OS/c1-15-11-19(29(2)28-15)13-24-25-20(31)14-32-22-27-26-21(16-7-6-8-17(23)12-16)30(22)18-9-4-3-5-10-18/h3-13H,14H2,1-2H3,(H,25,31)/b24-13-. The zero-order valence-corrected chi connectivity index (χ0v) is 19.8. The van der Waals surface area contributed by atoms with Crippen molar-refractivity contribution in [2.75, 3.05) is 5.75 Å². The SMILES string of the molecule is Cc1cc(/C=N\NC(=O)CSc2nnc(-c3cccc(Br)c3)n2-c2ccccc2)n(C)n1. The molecule has 8 nitrogen and oxygen atoms in total. The number of amides is 1. The van der Waals surface area contributed by atoms with Gasteiger partial charge >= 0.3 is 0 Å². The van der Waals surface area contributed by atoms with Crippen LogP contribution in [0.5, 0.6) is 0 Å². The number of hydrogen-bond acceptors (Lipinski definition) is 6. The van der Waals surface area contributed by atoms with Gasteiger partial charge in [0.2, 0.25) is 0 Å². The first kappa shape index (κ1) is 22.0. The summed E-state index contributed by atoms with van der Waals surface area (Å²) in [5.41, 5.74) is 6.07. The van der Waals surface area contributed by atoms with Crippen LogP contribution in [0.3, 0.4) is 0 Å². The van der Waals surface area contributed by atoms with Gasteiger partial charge in [-0.05, 0) is 37.3 Å². The molecule has 0 fully saturated rings. The highest BCUT2D eigenvalue weighted by atomic mass is 79.9. The number of thioether (sulfide) groups is 1. The highest BCUT2D eigenvalue weighted by Gasteiger charge is 2.17. The maximum atomic E-state index is 12.3. The Morgan fingerprint density at radius 2 is 1.97 bits per heavy atom. The highest BCUT2D eigenvalue weighted by Crippen LogP contribution is 2.29. The van der Waals surface area contributed by atoms with E-state index in [0.29, 0.717) is 11.0 Å². The molecular formula is C22H20BrN7OS. The summed E-state index contributed by atoms with van der Waals surface area (Å²) in [5, 5.41) is 17.6. The molecule has 0 saturated carbocycles. The second-order valence-corrected chi connectivity index (χ2v) is 8.76. The lowest BCUT2D eigenvalue weighted by molar-refractivity contribution is -0.118. The van der Waals surface area contributed by atoms with Gasteiger partial charge in [0.15, 0.2) is 11.0 Å². The van der Waals surface area contributed by atoms with Gasteiger partial charge in [-0.1, -0.05) is 58.0 Å². The van der Waals surface area contributed by atoms with Gasteiger partial charge in [0.25, 0.3) is 5.91 Å². The molecule has 162 valence electrons. The number of aromatic nitrogens is 5. The molecule has 0 bridgehead atoms. The fraction of sp³-hybridized carbons (Fsp3) is 0.136. The van der Waals surface area contributed by atoms with Gasteiger partial charge in [0.1, 0.15) is 0 Å². The lowest BCUT2D eigenvalue weighted by atomic mass is 10.2. The first-order chi connectivity index (χ1) is 15.5. The van der Waals surface area contributed by atoms with Gasteiger partial charge in [-0.2, -0.15) is 10.2 Å². The van der Waals surface area contributed by atoms with Crippen molar-refractivity contribution < 1.29 is 4.79 Å². The summed E-state index contributed by atoms with van der Waals surface area (Å²) in [4.78, 5) is 12.3. The monoisotopic (exact) mass is 509 g/mol. The second-order valence-electron chi connectivity index (χ2n) is 6.90. The fourth-order valence-corrected chi connectivity index (χ4v) is 4.22. The van der Waals surface area contributed by atoms with Crippen LogP contribution >= 0.6 is 27.7 Å². The molecule has 0 radical (unpaired) electrons. The van der Waals surface area contributed by atoms with E-state index in [-0.39, 0.29) is 11.7 Å². The molecule has 0 atom stereocenters. The number of hydrogen-bond donors (Lipinski definition) is 1. The molecule has 10 heteroatoms. The van der Waals surface area contributed by atoms with E-state index in [2.05, 4.69) is 41.8 Å². The largest absolute Gasteiger partial charge is 0.272 e. The Bertz CT molecular complexity index is 1270. The van der Waals surface area contributed by atoms with Gasteiger partial charge in [0, 0.05) is 22.8 Å². The van der Waals surface area contributed by atoms with E-state index in [9.17, 15) is 4.79 Å². The average molecular weight is 510 g/mol. The van der Waals surface area contributed by atoms with E-state index < -0.39 is 0 Å². The number of nitrogens with zero attached hydrogens (tertiary/aromatic N) is 6. The summed E-state index contributed by atoms with van der Waals surface area (Å²) in [6.07, 6.45) is 1.57. The molecular weight excluding hydrogens is 490 g/mol. The van der Waals surface area contributed by atoms with E-state index in [1.807, 2.05) is 79.2 Å². The minimum absolute atomic E-state index is 0.144. The maximum absolute atomic E-state index is 12.3. The predicted molar refractivity (Wildman–Crippen MR) is 129 cm³/mol. The van der Waals surface area contributed by atoms with Crippen molar-refractivity contribution in [2.45, 2.75) is 12.1 Å². The minimum atomic E-state index is -0.239. The topological polar surface area (TPSA) is 90.0 Å². The molecule has 32 heavy (non-hydrogen) atoms. The van der Waals surface area contributed by atoms with E-state index >= 15 is 0 Å². The number of hydrazone groups is 1. The van der Waals surface area contributed by atoms with Crippen molar-refractivity contribution in [1.29, 1.82) is 0 Å². The summed E-state index contributed by atoms with van der Waals surface area (Å²) < 4.78 is 4.60. The molecule has 4 rings (SSSR count). The molecule has 0 aliphatic carbocycles. The third-order valence-corrected chi connectivity index (χ3v) is 5.91. The Labute approximate surface area is 197 Å². The number of benzene rings is 2. The summed E-state index contributed by atoms with van der Waals surface area (Å²) in [6.45, 7) is 1.90. The van der Waals surface area contributed by atoms with Crippen LogP contribution in [-0.2, 0) is 11.8 Å². The van der Waals surface area contributed by atoms with Crippen LogP contribution < -0.4 is 5.43 Å². The molecule has 0 saturated heterocycles. The Kier molecular flexibility index (Phi) is 6.81. The van der Waals surface area contributed by atoms with Crippen molar-refractivity contribution in [3.63, 3.8) is 0 Å². The summed E-state index contributed by atoms with van der Waals surface area (Å²) >= 11 is 4.81. The molecule has 4 aromatic rings. The molecule has 0 spiro atoms. The van der Waals surface area contributed by atoms with Crippen LogP contribution in [0.1, 0.15) is 11.4 Å². The summed E-state index contributed by atoms with van der Waals surface area (Å²) in [5.74, 6) is 0.604. The normalized spacial score (nSPS) is 11.2. The summed E-state index contributed by atoms with van der Waals surface area (Å²) in [7, 11) is 1.82. The van der Waals surface area contributed by atoms with Crippen LogP contribution in [0.4, 0.5) is 0 Å². The van der Waals surface area contributed by atoms with Crippen LogP contribution in [0.2, 0.25) is 0 Å². The number of para-hydroxylation sites is 1. The van der Waals surface area contributed by atoms with Gasteiger partial charge in [-0.3, -0.25) is 14.0 Å². The smallest absolute Gasteiger partial charge is 0.250 e. The number of nitrogens with one attached hydrogen (secondary N) is 1. The Morgan fingerprint density at radius 3 is 2.69 bits per heavy atom. The van der Waals surface area contributed by atoms with Gasteiger partial charge in [-0.15, -0.1) is 10.2 Å². The van der Waals surface area contributed by atoms with E-state index in [1.165, 1.54) is 11.8 Å². The van der Waals surface area contributed by atoms with E-state index in [0.717, 1.165) is 27.1 Å². The molecule has 1 N–H and O–H groups in total. The fourth-order valence-electron chi connectivity index (χ4n) is 3.07. The first-order valence-corrected chi connectivity index (χ1v) is 11.5. The van der Waals surface area contributed by atoms with Crippen LogP contribution in [-0.4, -0.2) is 42.4 Å². The van der Waals surface area contributed by atoms with Gasteiger partial charge in [0.05, 0.1) is 23.4 Å². The van der Waals surface area contributed by atoms with Crippen LogP contribution in [0.25, 0.3) is 17.1 Å². The molecule has 1 amide bonds. The highest BCUT2D eigenvalue weighted by molar-refractivity contribution is 9.10. The molecule has 0 aliphatic heterocycles. The van der Waals surface area contributed by atoms with Crippen molar-refractivity contribution in [3.05, 3.63) is 76.5 Å². The van der Waals surface area contributed by atoms with E-state index in [1.54, 1.807) is 10.9 Å². The van der Waals surface area contributed by atoms with Crippen molar-refractivity contribution in [1.82, 2.24) is 30.0 Å². The number of aryl methyl sites for hydroxylation is 2. The van der Waals surface area contributed by atoms with Crippen LogP contribution in [0.15, 0.2) is 75.4 Å². The predicted octanol–water partition coefficient (Wildman–Crippen LogP) is 3.98. The third-order valence-electron chi connectivity index (χ3n) is 4.49. The van der Waals surface area contributed by atoms with Crippen molar-refractivity contribution in [3.8, 4) is 17.1 Å². The minimum Gasteiger partial charge on any atom is -0.272 e. The quantitative estimate of drug-likeness (QED) is 0.231. The number of halogens is 1. The van der Waals surface area contributed by atoms with Crippen LogP contribution in [0, 0.1) is 6.92 Å². The Morgan fingerprint density at radius 1 is 1.16 bits per heavy atom. The lowest BCUT2D eigenvalue weighted by Crippen LogP contribution is -2.20. The Balaban J connectivity index is 1.51. The van der Waals surface area contributed by atoms with Gasteiger partial charge in [-0.25, -0.2) is 5.43 Å². The van der Waals surface area contributed by atoms with E-state index in [4.69, 9.17) is 0 Å². The van der Waals surface area contributed by atoms with Gasteiger partial charge < -0.3 is 0 Å².